The van der Waals surface area contributed by atoms with Crippen LogP contribution in [0, 0.1) is 6.92 Å². The number of hydrogen-bond acceptors (Lipinski definition) is 2. The molecule has 0 radical (unpaired) electrons. The number of aryl methyl sites for hydroxylation is 1. The van der Waals surface area contributed by atoms with Gasteiger partial charge in [-0.3, -0.25) is 0 Å². The third-order valence-corrected chi connectivity index (χ3v) is 2.74. The van der Waals surface area contributed by atoms with E-state index in [-0.39, 0.29) is 0 Å². The van der Waals surface area contributed by atoms with Gasteiger partial charge in [-0.15, -0.1) is 0 Å². The molecular weight excluding hydrogens is 210 g/mol. The van der Waals surface area contributed by atoms with Crippen molar-refractivity contribution < 1.29 is 0 Å². The number of halogens is 1. The molecule has 0 unspecified atom stereocenters. The van der Waals surface area contributed by atoms with Gasteiger partial charge in [-0.2, -0.15) is 0 Å². The minimum atomic E-state index is 0.423. The summed E-state index contributed by atoms with van der Waals surface area (Å²) in [5.74, 6) is 0.923. The van der Waals surface area contributed by atoms with Gasteiger partial charge >= 0.3 is 0 Å². The van der Waals surface area contributed by atoms with Crippen LogP contribution >= 0.6 is 11.6 Å². The molecular formula is C11H12ClN3. The number of imidazole rings is 1. The van der Waals surface area contributed by atoms with Gasteiger partial charge in [0.15, 0.2) is 0 Å². The summed E-state index contributed by atoms with van der Waals surface area (Å²) in [6.45, 7) is 2.37. The molecule has 0 saturated carbocycles. The summed E-state index contributed by atoms with van der Waals surface area (Å²) in [4.78, 5) is 4.18. The van der Waals surface area contributed by atoms with Crippen molar-refractivity contribution in [1.29, 1.82) is 0 Å². The van der Waals surface area contributed by atoms with Crippen molar-refractivity contribution in [2.45, 2.75) is 13.5 Å². The van der Waals surface area contributed by atoms with Gasteiger partial charge in [0.2, 0.25) is 0 Å². The van der Waals surface area contributed by atoms with Crippen LogP contribution in [0.3, 0.4) is 0 Å². The van der Waals surface area contributed by atoms with Crippen LogP contribution in [-0.2, 0) is 6.54 Å². The molecule has 1 aromatic carbocycles. The van der Waals surface area contributed by atoms with Crippen LogP contribution in [0.4, 0.5) is 0 Å². The van der Waals surface area contributed by atoms with E-state index in [1.807, 2.05) is 35.9 Å². The van der Waals surface area contributed by atoms with Crippen LogP contribution < -0.4 is 5.73 Å². The molecule has 0 spiro atoms. The Labute approximate surface area is 93.5 Å². The summed E-state index contributed by atoms with van der Waals surface area (Å²) in [5, 5.41) is 0.697. The molecule has 15 heavy (non-hydrogen) atoms. The number of benzene rings is 1. The first-order valence-electron chi connectivity index (χ1n) is 4.72. The van der Waals surface area contributed by atoms with E-state index in [1.54, 1.807) is 6.20 Å². The van der Waals surface area contributed by atoms with Crippen molar-refractivity contribution in [3.8, 4) is 5.69 Å². The van der Waals surface area contributed by atoms with Crippen molar-refractivity contribution >= 4 is 11.6 Å². The quantitative estimate of drug-likeness (QED) is 0.846. The molecule has 2 aromatic rings. The van der Waals surface area contributed by atoms with E-state index in [4.69, 9.17) is 17.3 Å². The lowest BCUT2D eigenvalue weighted by Gasteiger charge is -2.11. The summed E-state index contributed by atoms with van der Waals surface area (Å²) >= 11 is 6.09. The molecule has 1 heterocycles. The van der Waals surface area contributed by atoms with E-state index < -0.39 is 0 Å². The lowest BCUT2D eigenvalue weighted by Crippen LogP contribution is -2.05. The third kappa shape index (κ3) is 1.76. The normalized spacial score (nSPS) is 10.6. The molecule has 0 fully saturated rings. The molecule has 0 aliphatic carbocycles. The van der Waals surface area contributed by atoms with Crippen LogP contribution in [-0.4, -0.2) is 9.55 Å². The standard InChI is InChI=1S/C11H12ClN3/c1-8-14-5-6-15(8)11-4-2-3-10(12)9(11)7-13/h2-6H,7,13H2,1H3. The van der Waals surface area contributed by atoms with Crippen LogP contribution in [0.2, 0.25) is 5.02 Å². The summed E-state index contributed by atoms with van der Waals surface area (Å²) in [6.07, 6.45) is 3.66. The van der Waals surface area contributed by atoms with E-state index in [0.29, 0.717) is 11.6 Å². The molecule has 0 amide bonds. The summed E-state index contributed by atoms with van der Waals surface area (Å²) < 4.78 is 1.98. The van der Waals surface area contributed by atoms with Crippen LogP contribution in [0.25, 0.3) is 5.69 Å². The van der Waals surface area contributed by atoms with Gasteiger partial charge < -0.3 is 10.3 Å². The van der Waals surface area contributed by atoms with E-state index in [1.165, 1.54) is 0 Å². The fraction of sp³-hybridized carbons (Fsp3) is 0.182. The topological polar surface area (TPSA) is 43.8 Å². The Kier molecular flexibility index (Phi) is 2.75. The number of nitrogens with zero attached hydrogens (tertiary/aromatic N) is 2. The molecule has 0 atom stereocenters. The van der Waals surface area contributed by atoms with Crippen molar-refractivity contribution in [2.24, 2.45) is 5.73 Å². The predicted molar refractivity (Wildman–Crippen MR) is 61.2 cm³/mol. The van der Waals surface area contributed by atoms with E-state index in [0.717, 1.165) is 17.1 Å². The Morgan fingerprint density at radius 2 is 2.27 bits per heavy atom. The zero-order valence-corrected chi connectivity index (χ0v) is 9.20. The molecule has 1 aromatic heterocycles. The Morgan fingerprint density at radius 1 is 1.47 bits per heavy atom. The zero-order chi connectivity index (χ0) is 10.8. The van der Waals surface area contributed by atoms with Crippen molar-refractivity contribution in [2.75, 3.05) is 0 Å². The maximum atomic E-state index is 6.09. The summed E-state index contributed by atoms with van der Waals surface area (Å²) in [7, 11) is 0. The molecule has 2 N–H and O–H groups in total. The smallest absolute Gasteiger partial charge is 0.110 e. The number of aromatic nitrogens is 2. The average molecular weight is 222 g/mol. The first-order chi connectivity index (χ1) is 7.24. The van der Waals surface area contributed by atoms with E-state index in [2.05, 4.69) is 4.98 Å². The van der Waals surface area contributed by atoms with Crippen molar-refractivity contribution in [3.05, 3.63) is 47.0 Å². The highest BCUT2D eigenvalue weighted by molar-refractivity contribution is 6.31. The van der Waals surface area contributed by atoms with Gasteiger partial charge in [-0.1, -0.05) is 17.7 Å². The molecule has 4 heteroatoms. The minimum absolute atomic E-state index is 0.423. The highest BCUT2D eigenvalue weighted by Gasteiger charge is 2.08. The third-order valence-electron chi connectivity index (χ3n) is 2.38. The SMILES string of the molecule is Cc1nccn1-c1cccc(Cl)c1CN. The molecule has 78 valence electrons. The largest absolute Gasteiger partial charge is 0.326 e. The van der Waals surface area contributed by atoms with Gasteiger partial charge in [-0.25, -0.2) is 4.98 Å². The molecule has 0 aliphatic rings. The highest BCUT2D eigenvalue weighted by Crippen LogP contribution is 2.23. The number of rotatable bonds is 2. The second kappa shape index (κ2) is 4.04. The minimum Gasteiger partial charge on any atom is -0.326 e. The zero-order valence-electron chi connectivity index (χ0n) is 8.44. The van der Waals surface area contributed by atoms with Crippen LogP contribution in [0.5, 0.6) is 0 Å². The van der Waals surface area contributed by atoms with Gasteiger partial charge in [0.05, 0.1) is 5.69 Å². The van der Waals surface area contributed by atoms with Gasteiger partial charge in [0, 0.05) is 29.5 Å². The van der Waals surface area contributed by atoms with Crippen molar-refractivity contribution in [1.82, 2.24) is 9.55 Å². The predicted octanol–water partition coefficient (Wildman–Crippen LogP) is 2.29. The Morgan fingerprint density at radius 3 is 2.87 bits per heavy atom. The maximum Gasteiger partial charge on any atom is 0.110 e. The van der Waals surface area contributed by atoms with Gasteiger partial charge in [-0.05, 0) is 19.1 Å². The second-order valence-corrected chi connectivity index (χ2v) is 3.69. The van der Waals surface area contributed by atoms with Crippen molar-refractivity contribution in [3.63, 3.8) is 0 Å². The fourth-order valence-electron chi connectivity index (χ4n) is 1.61. The number of hydrogen-bond donors (Lipinski definition) is 1. The van der Waals surface area contributed by atoms with Gasteiger partial charge in [0.1, 0.15) is 5.82 Å². The molecule has 0 aliphatic heterocycles. The second-order valence-electron chi connectivity index (χ2n) is 3.29. The first-order valence-corrected chi connectivity index (χ1v) is 5.09. The highest BCUT2D eigenvalue weighted by atomic mass is 35.5. The number of nitrogens with two attached hydrogens (primary N) is 1. The summed E-state index contributed by atoms with van der Waals surface area (Å²) in [5.41, 5.74) is 7.63. The van der Waals surface area contributed by atoms with Crippen LogP contribution in [0.15, 0.2) is 30.6 Å². The lowest BCUT2D eigenvalue weighted by molar-refractivity contribution is 0.937. The average Bonchev–Trinajstić information content (AvgIpc) is 2.64. The Balaban J connectivity index is 2.63. The monoisotopic (exact) mass is 221 g/mol. The van der Waals surface area contributed by atoms with E-state index >= 15 is 0 Å². The molecule has 2 rings (SSSR count). The Hall–Kier alpha value is -1.32. The molecule has 3 nitrogen and oxygen atoms in total. The summed E-state index contributed by atoms with van der Waals surface area (Å²) in [6, 6.07) is 5.75. The van der Waals surface area contributed by atoms with Crippen LogP contribution in [0.1, 0.15) is 11.4 Å². The maximum absolute atomic E-state index is 6.09. The molecule has 0 bridgehead atoms. The lowest BCUT2D eigenvalue weighted by atomic mass is 10.1. The Bertz CT molecular complexity index is 476. The van der Waals surface area contributed by atoms with Gasteiger partial charge in [0.25, 0.3) is 0 Å². The van der Waals surface area contributed by atoms with E-state index in [9.17, 15) is 0 Å². The fourth-order valence-corrected chi connectivity index (χ4v) is 1.85. The first kappa shape index (κ1) is 10.2. The molecule has 0 saturated heterocycles.